The van der Waals surface area contributed by atoms with Crippen molar-refractivity contribution < 1.29 is 0 Å². The molecule has 0 atom stereocenters. The van der Waals surface area contributed by atoms with E-state index in [1.165, 1.54) is 5.56 Å². The van der Waals surface area contributed by atoms with Crippen molar-refractivity contribution in [3.8, 4) is 11.4 Å². The summed E-state index contributed by atoms with van der Waals surface area (Å²) in [7, 11) is 3.62. The maximum Gasteiger partial charge on any atom is 0.328 e. The lowest BCUT2D eigenvalue weighted by Gasteiger charge is -2.31. The van der Waals surface area contributed by atoms with Gasteiger partial charge in [-0.1, -0.05) is 6.07 Å². The normalized spacial score (nSPS) is 15.4. The number of imidazole rings is 1. The first-order chi connectivity index (χ1) is 15.5. The number of likely N-dealkylation sites (tertiary alicyclic amines) is 1. The van der Waals surface area contributed by atoms with Crippen LogP contribution in [0.4, 0.5) is 0 Å². The fraction of sp³-hybridized carbons (Fsp3) is 0.333. The van der Waals surface area contributed by atoms with Gasteiger partial charge >= 0.3 is 5.69 Å². The molecule has 0 aliphatic carbocycles. The van der Waals surface area contributed by atoms with Crippen molar-refractivity contribution in [1.29, 1.82) is 0 Å². The molecule has 0 saturated carbocycles. The van der Waals surface area contributed by atoms with Gasteiger partial charge in [-0.25, -0.2) is 9.78 Å². The molecule has 32 heavy (non-hydrogen) atoms. The van der Waals surface area contributed by atoms with E-state index in [1.807, 2.05) is 25.2 Å². The van der Waals surface area contributed by atoms with Crippen LogP contribution in [0.5, 0.6) is 0 Å². The van der Waals surface area contributed by atoms with E-state index in [2.05, 4.69) is 27.0 Å². The van der Waals surface area contributed by atoms with Crippen molar-refractivity contribution in [2.45, 2.75) is 25.3 Å². The molecule has 0 bridgehead atoms. The topological polar surface area (TPSA) is 88.8 Å². The van der Waals surface area contributed by atoms with Crippen LogP contribution in [0.3, 0.4) is 0 Å². The number of aromatic amines is 1. The molecular formula is C24H26N6O2. The molecule has 8 heteroatoms. The highest BCUT2D eigenvalue weighted by molar-refractivity contribution is 5.76. The highest BCUT2D eigenvalue weighted by Crippen LogP contribution is 2.28. The molecule has 1 aliphatic heterocycles. The van der Waals surface area contributed by atoms with Crippen LogP contribution >= 0.6 is 0 Å². The fourth-order valence-electron chi connectivity index (χ4n) is 4.62. The van der Waals surface area contributed by atoms with Crippen molar-refractivity contribution in [2.24, 2.45) is 14.1 Å². The molecule has 164 valence electrons. The molecule has 1 N–H and O–H groups in total. The molecule has 1 aliphatic rings. The van der Waals surface area contributed by atoms with Gasteiger partial charge in [0.1, 0.15) is 5.82 Å². The van der Waals surface area contributed by atoms with Crippen LogP contribution in [0.1, 0.15) is 30.0 Å². The van der Waals surface area contributed by atoms with Crippen LogP contribution in [0.2, 0.25) is 0 Å². The summed E-state index contributed by atoms with van der Waals surface area (Å²) in [5.74, 6) is 0.839. The third-order valence-corrected chi connectivity index (χ3v) is 6.44. The van der Waals surface area contributed by atoms with Gasteiger partial charge in [0.15, 0.2) is 0 Å². The Morgan fingerprint density at radius 1 is 1.03 bits per heavy atom. The van der Waals surface area contributed by atoms with Crippen LogP contribution in [0.15, 0.2) is 58.4 Å². The van der Waals surface area contributed by atoms with E-state index >= 15 is 0 Å². The quantitative estimate of drug-likeness (QED) is 0.537. The molecule has 0 unspecified atom stereocenters. The number of nitrogens with zero attached hydrogens (tertiary/aromatic N) is 5. The van der Waals surface area contributed by atoms with Crippen LogP contribution in [-0.2, 0) is 20.6 Å². The van der Waals surface area contributed by atoms with E-state index in [0.29, 0.717) is 5.82 Å². The van der Waals surface area contributed by atoms with Gasteiger partial charge in [-0.15, -0.1) is 0 Å². The second-order valence-electron chi connectivity index (χ2n) is 8.53. The number of piperidine rings is 1. The first-order valence-corrected chi connectivity index (χ1v) is 10.9. The predicted octanol–water partition coefficient (Wildman–Crippen LogP) is 2.40. The van der Waals surface area contributed by atoms with Crippen molar-refractivity contribution in [1.82, 2.24) is 29.0 Å². The Hall–Kier alpha value is -3.52. The molecule has 8 nitrogen and oxygen atoms in total. The van der Waals surface area contributed by atoms with Gasteiger partial charge in [-0.3, -0.25) is 23.8 Å². The molecule has 1 fully saturated rings. The van der Waals surface area contributed by atoms with Gasteiger partial charge in [-0.2, -0.15) is 0 Å². The molecule has 3 aromatic heterocycles. The Morgan fingerprint density at radius 2 is 1.81 bits per heavy atom. The molecule has 4 heterocycles. The smallest absolute Gasteiger partial charge is 0.306 e. The lowest BCUT2D eigenvalue weighted by molar-refractivity contribution is 0.203. The second-order valence-corrected chi connectivity index (χ2v) is 8.53. The van der Waals surface area contributed by atoms with Crippen LogP contribution < -0.4 is 11.2 Å². The number of nitrogens with one attached hydrogen (secondary N) is 1. The molecule has 1 saturated heterocycles. The molecule has 4 aromatic rings. The summed E-state index contributed by atoms with van der Waals surface area (Å²) in [6.07, 6.45) is 5.32. The summed E-state index contributed by atoms with van der Waals surface area (Å²) < 4.78 is 3.38. The van der Waals surface area contributed by atoms with Crippen LogP contribution in [0, 0.1) is 0 Å². The van der Waals surface area contributed by atoms with E-state index in [-0.39, 0.29) is 17.2 Å². The molecule has 0 radical (unpaired) electrons. The Bertz CT molecular complexity index is 1380. The standard InChI is InChI=1S/C24H26N6O2/c1-28-20-6-5-16(12-21(20)29(2)24(28)32)15-30-10-7-17(8-11-30)19-13-22(31)27-23(26-19)18-4-3-9-25-14-18/h3-6,9,12-14,17H,7-8,10-11,15H2,1-2H3,(H,26,27,31). The average molecular weight is 431 g/mol. The Kier molecular flexibility index (Phi) is 5.22. The first-order valence-electron chi connectivity index (χ1n) is 10.9. The Balaban J connectivity index is 1.29. The monoisotopic (exact) mass is 430 g/mol. The predicted molar refractivity (Wildman–Crippen MR) is 124 cm³/mol. The zero-order valence-corrected chi connectivity index (χ0v) is 18.3. The van der Waals surface area contributed by atoms with E-state index in [9.17, 15) is 9.59 Å². The molecule has 1 aromatic carbocycles. The average Bonchev–Trinajstić information content (AvgIpc) is 3.03. The van der Waals surface area contributed by atoms with Crippen molar-refractivity contribution in [3.63, 3.8) is 0 Å². The van der Waals surface area contributed by atoms with Gasteiger partial charge in [0.2, 0.25) is 0 Å². The van der Waals surface area contributed by atoms with Crippen molar-refractivity contribution >= 4 is 11.0 Å². The third kappa shape index (κ3) is 3.78. The SMILES string of the molecule is Cn1c(=O)n(C)c2cc(CN3CCC(c4cc(=O)[nH]c(-c5cccnc5)n4)CC3)ccc21. The van der Waals surface area contributed by atoms with E-state index < -0.39 is 0 Å². The summed E-state index contributed by atoms with van der Waals surface area (Å²) >= 11 is 0. The number of fused-ring (bicyclic) bond motifs is 1. The van der Waals surface area contributed by atoms with Crippen molar-refractivity contribution in [2.75, 3.05) is 13.1 Å². The molecule has 0 spiro atoms. The number of aromatic nitrogens is 5. The zero-order chi connectivity index (χ0) is 22.2. The minimum absolute atomic E-state index is 0.00559. The zero-order valence-electron chi connectivity index (χ0n) is 18.3. The van der Waals surface area contributed by atoms with Gasteiger partial charge < -0.3 is 4.98 Å². The number of hydrogen-bond acceptors (Lipinski definition) is 5. The van der Waals surface area contributed by atoms with E-state index in [0.717, 1.165) is 54.8 Å². The largest absolute Gasteiger partial charge is 0.328 e. The highest BCUT2D eigenvalue weighted by Gasteiger charge is 2.23. The molecular weight excluding hydrogens is 404 g/mol. The van der Waals surface area contributed by atoms with Gasteiger partial charge in [0.25, 0.3) is 5.56 Å². The summed E-state index contributed by atoms with van der Waals surface area (Å²) in [6, 6.07) is 11.6. The maximum absolute atomic E-state index is 12.2. The van der Waals surface area contributed by atoms with Crippen LogP contribution in [-0.4, -0.2) is 42.1 Å². The Labute approximate surface area is 185 Å². The fourth-order valence-corrected chi connectivity index (χ4v) is 4.62. The number of pyridine rings is 1. The number of aryl methyl sites for hydroxylation is 2. The summed E-state index contributed by atoms with van der Waals surface area (Å²) in [5, 5.41) is 0. The van der Waals surface area contributed by atoms with Gasteiger partial charge in [0, 0.05) is 50.6 Å². The van der Waals surface area contributed by atoms with Gasteiger partial charge in [0.05, 0.1) is 16.7 Å². The second kappa shape index (κ2) is 8.20. The number of benzene rings is 1. The molecule has 0 amide bonds. The Morgan fingerprint density at radius 3 is 2.56 bits per heavy atom. The highest BCUT2D eigenvalue weighted by atomic mass is 16.1. The van der Waals surface area contributed by atoms with Crippen LogP contribution in [0.25, 0.3) is 22.4 Å². The van der Waals surface area contributed by atoms with E-state index in [1.54, 1.807) is 34.6 Å². The van der Waals surface area contributed by atoms with Crippen molar-refractivity contribution in [3.05, 3.63) is 80.9 Å². The number of rotatable bonds is 4. The lowest BCUT2D eigenvalue weighted by Crippen LogP contribution is -2.33. The minimum atomic E-state index is -0.127. The number of H-pyrrole nitrogens is 1. The first kappa shape index (κ1) is 20.4. The lowest BCUT2D eigenvalue weighted by atomic mass is 9.93. The van der Waals surface area contributed by atoms with Gasteiger partial charge in [-0.05, 0) is 55.8 Å². The number of hydrogen-bond donors (Lipinski definition) is 1. The summed E-state index contributed by atoms with van der Waals surface area (Å²) in [4.78, 5) is 38.5. The van der Waals surface area contributed by atoms with E-state index in [4.69, 9.17) is 4.98 Å². The minimum Gasteiger partial charge on any atom is -0.306 e. The molecule has 5 rings (SSSR count). The summed E-state index contributed by atoms with van der Waals surface area (Å²) in [6.45, 7) is 2.72. The summed E-state index contributed by atoms with van der Waals surface area (Å²) in [5.41, 5.74) is 4.64. The maximum atomic E-state index is 12.2. The third-order valence-electron chi connectivity index (χ3n) is 6.44.